The SMILES string of the molecule is CN(C)c1cccc(C(Nc2ccc(C#N)cc2)C(=O)[O-])c1. The molecule has 0 saturated carbocycles. The van der Waals surface area contributed by atoms with Crippen LogP contribution in [0.3, 0.4) is 0 Å². The zero-order chi connectivity index (χ0) is 16.1. The van der Waals surface area contributed by atoms with Crippen molar-refractivity contribution in [1.82, 2.24) is 0 Å². The first-order valence-electron chi connectivity index (χ1n) is 6.76. The minimum atomic E-state index is -1.21. The van der Waals surface area contributed by atoms with E-state index in [1.807, 2.05) is 31.1 Å². The fourth-order valence-corrected chi connectivity index (χ4v) is 2.07. The molecule has 112 valence electrons. The molecule has 0 aliphatic carbocycles. The van der Waals surface area contributed by atoms with Crippen molar-refractivity contribution in [2.24, 2.45) is 0 Å². The van der Waals surface area contributed by atoms with Crippen molar-refractivity contribution < 1.29 is 9.90 Å². The van der Waals surface area contributed by atoms with Gasteiger partial charge in [0, 0.05) is 25.5 Å². The monoisotopic (exact) mass is 294 g/mol. The third-order valence-corrected chi connectivity index (χ3v) is 3.28. The van der Waals surface area contributed by atoms with Crippen LogP contribution >= 0.6 is 0 Å². The molecule has 0 aromatic heterocycles. The van der Waals surface area contributed by atoms with Crippen LogP contribution in [-0.2, 0) is 4.79 Å². The first-order chi connectivity index (χ1) is 10.5. The lowest BCUT2D eigenvalue weighted by Crippen LogP contribution is -2.34. The van der Waals surface area contributed by atoms with E-state index in [9.17, 15) is 9.90 Å². The number of carbonyl (C=O) groups is 1. The van der Waals surface area contributed by atoms with E-state index in [0.717, 1.165) is 5.69 Å². The molecule has 0 radical (unpaired) electrons. The topological polar surface area (TPSA) is 79.2 Å². The maximum Gasteiger partial charge on any atom is 0.0991 e. The van der Waals surface area contributed by atoms with Crippen LogP contribution in [0.25, 0.3) is 0 Å². The molecular weight excluding hydrogens is 278 g/mol. The van der Waals surface area contributed by atoms with Gasteiger partial charge in [-0.15, -0.1) is 0 Å². The summed E-state index contributed by atoms with van der Waals surface area (Å²) >= 11 is 0. The number of nitrogens with one attached hydrogen (secondary N) is 1. The van der Waals surface area contributed by atoms with Crippen LogP contribution in [0.1, 0.15) is 17.2 Å². The number of hydrogen-bond donors (Lipinski definition) is 1. The van der Waals surface area contributed by atoms with E-state index >= 15 is 0 Å². The summed E-state index contributed by atoms with van der Waals surface area (Å²) in [7, 11) is 3.78. The minimum Gasteiger partial charge on any atom is -0.548 e. The molecule has 5 nitrogen and oxygen atoms in total. The van der Waals surface area contributed by atoms with Gasteiger partial charge in [0.25, 0.3) is 0 Å². The van der Waals surface area contributed by atoms with Gasteiger partial charge in [0.2, 0.25) is 0 Å². The summed E-state index contributed by atoms with van der Waals surface area (Å²) in [6.07, 6.45) is 0. The van der Waals surface area contributed by atoms with Crippen LogP contribution in [0.15, 0.2) is 48.5 Å². The maximum atomic E-state index is 11.5. The second-order valence-electron chi connectivity index (χ2n) is 5.07. The van der Waals surface area contributed by atoms with Gasteiger partial charge in [0.1, 0.15) is 0 Å². The van der Waals surface area contributed by atoms with Crippen LogP contribution in [0, 0.1) is 11.3 Å². The quantitative estimate of drug-likeness (QED) is 0.904. The van der Waals surface area contributed by atoms with E-state index in [1.54, 1.807) is 42.5 Å². The molecular formula is C17H16N3O2-. The summed E-state index contributed by atoms with van der Waals surface area (Å²) in [5.74, 6) is -1.21. The van der Waals surface area contributed by atoms with Gasteiger partial charge in [-0.05, 0) is 42.0 Å². The van der Waals surface area contributed by atoms with Gasteiger partial charge in [-0.25, -0.2) is 0 Å². The van der Waals surface area contributed by atoms with Crippen molar-refractivity contribution in [3.63, 3.8) is 0 Å². The van der Waals surface area contributed by atoms with Crippen molar-refractivity contribution in [2.45, 2.75) is 6.04 Å². The van der Waals surface area contributed by atoms with Gasteiger partial charge in [0.15, 0.2) is 0 Å². The van der Waals surface area contributed by atoms with Crippen LogP contribution < -0.4 is 15.3 Å². The van der Waals surface area contributed by atoms with E-state index < -0.39 is 12.0 Å². The number of carboxylic acid groups (broad SMARTS) is 1. The molecule has 0 spiro atoms. The molecule has 0 fully saturated rings. The second-order valence-corrected chi connectivity index (χ2v) is 5.07. The lowest BCUT2D eigenvalue weighted by Gasteiger charge is -2.23. The highest BCUT2D eigenvalue weighted by Gasteiger charge is 2.13. The second kappa shape index (κ2) is 6.64. The number of nitriles is 1. The Kier molecular flexibility index (Phi) is 4.64. The summed E-state index contributed by atoms with van der Waals surface area (Å²) in [4.78, 5) is 13.4. The Morgan fingerprint density at radius 3 is 2.45 bits per heavy atom. The Bertz CT molecular complexity index is 703. The zero-order valence-corrected chi connectivity index (χ0v) is 12.4. The van der Waals surface area contributed by atoms with Gasteiger partial charge in [-0.3, -0.25) is 0 Å². The minimum absolute atomic E-state index is 0.519. The molecule has 0 heterocycles. The number of carbonyl (C=O) groups excluding carboxylic acids is 1. The lowest BCUT2D eigenvalue weighted by molar-refractivity contribution is -0.307. The predicted molar refractivity (Wildman–Crippen MR) is 83.3 cm³/mol. The van der Waals surface area contributed by atoms with Crippen LogP contribution in [0.5, 0.6) is 0 Å². The van der Waals surface area contributed by atoms with E-state index in [-0.39, 0.29) is 0 Å². The molecule has 2 aromatic rings. The highest BCUT2D eigenvalue weighted by molar-refractivity contribution is 5.78. The average Bonchev–Trinajstić information content (AvgIpc) is 2.53. The maximum absolute atomic E-state index is 11.5. The molecule has 0 aliphatic heterocycles. The Hall–Kier alpha value is -3.00. The van der Waals surface area contributed by atoms with Crippen molar-refractivity contribution in [3.8, 4) is 6.07 Å². The molecule has 0 saturated heterocycles. The Labute approximate surface area is 129 Å². The zero-order valence-electron chi connectivity index (χ0n) is 12.4. The number of hydrogen-bond acceptors (Lipinski definition) is 5. The van der Waals surface area contributed by atoms with E-state index in [2.05, 4.69) is 5.32 Å². The van der Waals surface area contributed by atoms with Crippen molar-refractivity contribution in [1.29, 1.82) is 5.26 Å². The number of nitrogens with zero attached hydrogens (tertiary/aromatic N) is 2. The molecule has 0 bridgehead atoms. The smallest absolute Gasteiger partial charge is 0.0991 e. The molecule has 1 N–H and O–H groups in total. The summed E-state index contributed by atoms with van der Waals surface area (Å²) in [6.45, 7) is 0. The van der Waals surface area contributed by atoms with Gasteiger partial charge in [-0.2, -0.15) is 5.26 Å². The predicted octanol–water partition coefficient (Wildman–Crippen LogP) is 1.53. The van der Waals surface area contributed by atoms with Crippen LogP contribution in [-0.4, -0.2) is 20.1 Å². The molecule has 2 rings (SSSR count). The van der Waals surface area contributed by atoms with E-state index in [4.69, 9.17) is 5.26 Å². The Morgan fingerprint density at radius 1 is 1.23 bits per heavy atom. The molecule has 1 unspecified atom stereocenters. The Morgan fingerprint density at radius 2 is 1.91 bits per heavy atom. The fourth-order valence-electron chi connectivity index (χ4n) is 2.07. The summed E-state index contributed by atoms with van der Waals surface area (Å²) < 4.78 is 0. The van der Waals surface area contributed by atoms with Crippen molar-refractivity contribution in [3.05, 3.63) is 59.7 Å². The molecule has 1 atom stereocenters. The van der Waals surface area contributed by atoms with Gasteiger partial charge in [-0.1, -0.05) is 12.1 Å². The molecule has 22 heavy (non-hydrogen) atoms. The van der Waals surface area contributed by atoms with Gasteiger partial charge >= 0.3 is 0 Å². The first-order valence-corrected chi connectivity index (χ1v) is 6.76. The number of benzene rings is 2. The largest absolute Gasteiger partial charge is 0.548 e. The fraction of sp³-hybridized carbons (Fsp3) is 0.176. The molecule has 0 amide bonds. The standard InChI is InChI=1S/C17H17N3O2/c1-20(2)15-5-3-4-13(10-15)16(17(21)22)19-14-8-6-12(11-18)7-9-14/h3-10,16,19H,1-2H3,(H,21,22)/p-1. The third kappa shape index (κ3) is 3.55. The van der Waals surface area contributed by atoms with Crippen molar-refractivity contribution >= 4 is 17.3 Å². The highest BCUT2D eigenvalue weighted by atomic mass is 16.4. The summed E-state index contributed by atoms with van der Waals surface area (Å²) in [6, 6.07) is 14.9. The number of anilines is 2. The normalized spacial score (nSPS) is 11.3. The number of carboxylic acids is 1. The first kappa shape index (κ1) is 15.4. The average molecular weight is 294 g/mol. The van der Waals surface area contributed by atoms with E-state index in [1.165, 1.54) is 0 Å². The van der Waals surface area contributed by atoms with Crippen LogP contribution in [0.4, 0.5) is 11.4 Å². The van der Waals surface area contributed by atoms with E-state index in [0.29, 0.717) is 16.8 Å². The molecule has 5 heteroatoms. The highest BCUT2D eigenvalue weighted by Crippen LogP contribution is 2.23. The number of aliphatic carboxylic acids is 1. The van der Waals surface area contributed by atoms with Gasteiger partial charge < -0.3 is 20.1 Å². The molecule has 2 aromatic carbocycles. The van der Waals surface area contributed by atoms with Gasteiger partial charge in [0.05, 0.1) is 23.6 Å². The molecule has 0 aliphatic rings. The lowest BCUT2D eigenvalue weighted by atomic mass is 10.1. The third-order valence-electron chi connectivity index (χ3n) is 3.28. The Balaban J connectivity index is 2.28. The summed E-state index contributed by atoms with van der Waals surface area (Å²) in [5.41, 5.74) is 2.65. The number of rotatable bonds is 5. The van der Waals surface area contributed by atoms with Crippen molar-refractivity contribution in [2.75, 3.05) is 24.3 Å². The summed E-state index contributed by atoms with van der Waals surface area (Å²) in [5, 5.41) is 23.2. The van der Waals surface area contributed by atoms with Crippen LogP contribution in [0.2, 0.25) is 0 Å².